The second-order valence-corrected chi connectivity index (χ2v) is 1.80. The summed E-state index contributed by atoms with van der Waals surface area (Å²) in [5.74, 6) is 4.44. The van der Waals surface area contributed by atoms with E-state index in [0.717, 1.165) is 6.42 Å². The molecule has 0 radical (unpaired) electrons. The van der Waals surface area contributed by atoms with Gasteiger partial charge in [0.1, 0.15) is 6.61 Å². The monoisotopic (exact) mass is 147 g/mol. The number of carbonyl (C=O) groups excluding carboxylic acids is 1. The summed E-state index contributed by atoms with van der Waals surface area (Å²) < 4.78 is 0. The van der Waals surface area contributed by atoms with Crippen molar-refractivity contribution < 1.29 is 9.63 Å². The van der Waals surface area contributed by atoms with Gasteiger partial charge in [0.2, 0.25) is 5.91 Å². The van der Waals surface area contributed by atoms with Crippen molar-refractivity contribution in [1.82, 2.24) is 5.32 Å². The van der Waals surface area contributed by atoms with Crippen LogP contribution >= 0.6 is 0 Å². The Kier molecular flexibility index (Phi) is 6.05. The molecule has 1 amide bonds. The fourth-order valence-electron chi connectivity index (χ4n) is 0.457. The molecule has 0 unspecified atom stereocenters. The van der Waals surface area contributed by atoms with Crippen LogP contribution in [0.1, 0.15) is 6.42 Å². The topological polar surface area (TPSA) is 90.4 Å². The van der Waals surface area contributed by atoms with Crippen molar-refractivity contribution in [1.29, 1.82) is 0 Å². The van der Waals surface area contributed by atoms with Gasteiger partial charge in [-0.25, -0.2) is 5.90 Å². The van der Waals surface area contributed by atoms with Crippen molar-refractivity contribution >= 4 is 5.91 Å². The van der Waals surface area contributed by atoms with E-state index in [1.807, 2.05) is 0 Å². The molecule has 0 aromatic carbocycles. The molecule has 0 aliphatic heterocycles. The maximum absolute atomic E-state index is 10.6. The first-order valence-corrected chi connectivity index (χ1v) is 3.09. The molecule has 0 fully saturated rings. The lowest BCUT2D eigenvalue weighted by atomic mass is 10.4. The highest BCUT2D eigenvalue weighted by molar-refractivity contribution is 5.77. The molecular weight excluding hydrogens is 134 g/mol. The molecule has 0 rings (SSSR count). The molecule has 0 saturated carbocycles. The zero-order valence-electron chi connectivity index (χ0n) is 5.80. The van der Waals surface area contributed by atoms with E-state index in [1.54, 1.807) is 0 Å². The van der Waals surface area contributed by atoms with Gasteiger partial charge in [0.25, 0.3) is 0 Å². The van der Waals surface area contributed by atoms with Crippen LogP contribution in [0.4, 0.5) is 0 Å². The van der Waals surface area contributed by atoms with Crippen LogP contribution in [0.15, 0.2) is 0 Å². The van der Waals surface area contributed by atoms with Crippen LogP contribution < -0.4 is 16.9 Å². The van der Waals surface area contributed by atoms with E-state index in [2.05, 4.69) is 16.1 Å². The summed E-state index contributed by atoms with van der Waals surface area (Å²) in [6.45, 7) is 1.06. The molecule has 60 valence electrons. The fraction of sp³-hybridized carbons (Fsp3) is 0.800. The summed E-state index contributed by atoms with van der Waals surface area (Å²) in [4.78, 5) is 14.7. The molecule has 0 saturated heterocycles. The zero-order valence-corrected chi connectivity index (χ0v) is 5.80. The molecule has 0 spiro atoms. The van der Waals surface area contributed by atoms with Crippen molar-refractivity contribution in [2.24, 2.45) is 11.6 Å². The maximum atomic E-state index is 10.6. The van der Waals surface area contributed by atoms with Crippen molar-refractivity contribution in [3.63, 3.8) is 0 Å². The molecule has 5 N–H and O–H groups in total. The van der Waals surface area contributed by atoms with E-state index in [4.69, 9.17) is 5.73 Å². The molecule has 0 aromatic heterocycles. The Balaban J connectivity index is 3.05. The lowest BCUT2D eigenvalue weighted by molar-refractivity contribution is -0.125. The highest BCUT2D eigenvalue weighted by Crippen LogP contribution is 1.70. The molecule has 5 heteroatoms. The number of carbonyl (C=O) groups is 1. The average molecular weight is 147 g/mol. The molecule has 0 aromatic rings. The van der Waals surface area contributed by atoms with Crippen LogP contribution in [0.25, 0.3) is 0 Å². The Morgan fingerprint density at radius 3 is 2.80 bits per heavy atom. The number of rotatable bonds is 5. The van der Waals surface area contributed by atoms with Crippen molar-refractivity contribution in [2.75, 3.05) is 19.7 Å². The lowest BCUT2D eigenvalue weighted by Crippen LogP contribution is -2.30. The Morgan fingerprint density at radius 2 is 2.30 bits per heavy atom. The van der Waals surface area contributed by atoms with E-state index in [9.17, 15) is 4.79 Å². The first-order valence-electron chi connectivity index (χ1n) is 3.09. The van der Waals surface area contributed by atoms with Gasteiger partial charge in [-0.05, 0) is 13.0 Å². The number of hydrogen-bond donors (Lipinski definition) is 3. The summed E-state index contributed by atoms with van der Waals surface area (Å²) in [6.07, 6.45) is 0.774. The Morgan fingerprint density at radius 1 is 1.60 bits per heavy atom. The zero-order chi connectivity index (χ0) is 7.82. The first kappa shape index (κ1) is 9.35. The number of amides is 1. The normalized spacial score (nSPS) is 9.40. The van der Waals surface area contributed by atoms with Crippen molar-refractivity contribution in [3.8, 4) is 0 Å². The van der Waals surface area contributed by atoms with Gasteiger partial charge >= 0.3 is 0 Å². The summed E-state index contributed by atoms with van der Waals surface area (Å²) >= 11 is 0. The van der Waals surface area contributed by atoms with Gasteiger partial charge in [0.05, 0.1) is 0 Å². The Hall–Kier alpha value is -0.650. The molecule has 0 atom stereocenters. The molecule has 0 aliphatic carbocycles. The summed E-state index contributed by atoms with van der Waals surface area (Å²) in [7, 11) is 0. The number of nitrogens with two attached hydrogens (primary N) is 2. The van der Waals surface area contributed by atoms with Gasteiger partial charge in [-0.1, -0.05) is 0 Å². The van der Waals surface area contributed by atoms with E-state index >= 15 is 0 Å². The fourth-order valence-corrected chi connectivity index (χ4v) is 0.457. The van der Waals surface area contributed by atoms with E-state index in [0.29, 0.717) is 13.1 Å². The van der Waals surface area contributed by atoms with Crippen LogP contribution in [-0.2, 0) is 9.63 Å². The third-order valence-corrected chi connectivity index (χ3v) is 0.917. The second kappa shape index (κ2) is 6.47. The van der Waals surface area contributed by atoms with Crippen LogP contribution in [0.5, 0.6) is 0 Å². The van der Waals surface area contributed by atoms with Crippen molar-refractivity contribution in [3.05, 3.63) is 0 Å². The molecular formula is C5H13N3O2. The van der Waals surface area contributed by atoms with Crippen LogP contribution in [0, 0.1) is 0 Å². The van der Waals surface area contributed by atoms with Crippen LogP contribution in [0.2, 0.25) is 0 Å². The van der Waals surface area contributed by atoms with E-state index in [-0.39, 0.29) is 12.5 Å². The quantitative estimate of drug-likeness (QED) is 0.321. The predicted molar refractivity (Wildman–Crippen MR) is 36.8 cm³/mol. The average Bonchev–Trinajstić information content (AvgIpc) is 1.89. The van der Waals surface area contributed by atoms with Gasteiger partial charge in [-0.15, -0.1) is 0 Å². The van der Waals surface area contributed by atoms with Crippen LogP contribution in [0.3, 0.4) is 0 Å². The predicted octanol–water partition coefficient (Wildman–Crippen LogP) is -1.66. The lowest BCUT2D eigenvalue weighted by Gasteiger charge is -2.00. The molecule has 0 aliphatic rings. The molecule has 10 heavy (non-hydrogen) atoms. The van der Waals surface area contributed by atoms with E-state index in [1.165, 1.54) is 0 Å². The number of hydrogen-bond acceptors (Lipinski definition) is 4. The molecule has 0 heterocycles. The summed E-state index contributed by atoms with van der Waals surface area (Å²) in [5.41, 5.74) is 5.18. The minimum Gasteiger partial charge on any atom is -0.354 e. The molecule has 0 bridgehead atoms. The first-order chi connectivity index (χ1) is 4.81. The maximum Gasteiger partial charge on any atom is 0.248 e. The SMILES string of the molecule is NCCCNC(=O)CON. The van der Waals surface area contributed by atoms with Gasteiger partial charge < -0.3 is 11.1 Å². The van der Waals surface area contributed by atoms with Gasteiger partial charge in [-0.3, -0.25) is 9.63 Å². The minimum absolute atomic E-state index is 0.0927. The third-order valence-electron chi connectivity index (χ3n) is 0.917. The Bertz CT molecular complexity index is 96.9. The van der Waals surface area contributed by atoms with Gasteiger partial charge in [0, 0.05) is 6.54 Å². The van der Waals surface area contributed by atoms with Gasteiger partial charge in [0.15, 0.2) is 0 Å². The largest absolute Gasteiger partial charge is 0.354 e. The summed E-state index contributed by atoms with van der Waals surface area (Å²) in [5, 5.41) is 2.56. The van der Waals surface area contributed by atoms with E-state index < -0.39 is 0 Å². The highest BCUT2D eigenvalue weighted by atomic mass is 16.6. The van der Waals surface area contributed by atoms with Gasteiger partial charge in [-0.2, -0.15) is 0 Å². The summed E-state index contributed by atoms with van der Waals surface area (Å²) in [6, 6.07) is 0. The standard InChI is InChI=1S/C5H13N3O2/c6-2-1-3-8-5(9)4-10-7/h1-4,6-7H2,(H,8,9). The Labute approximate surface area is 59.7 Å². The minimum atomic E-state index is -0.212. The molecule has 5 nitrogen and oxygen atoms in total. The number of nitrogens with one attached hydrogen (secondary N) is 1. The van der Waals surface area contributed by atoms with Crippen LogP contribution in [-0.4, -0.2) is 25.6 Å². The second-order valence-electron chi connectivity index (χ2n) is 1.80. The van der Waals surface area contributed by atoms with Crippen molar-refractivity contribution in [2.45, 2.75) is 6.42 Å². The smallest absolute Gasteiger partial charge is 0.248 e. The highest BCUT2D eigenvalue weighted by Gasteiger charge is 1.96. The third kappa shape index (κ3) is 5.49.